The van der Waals surface area contributed by atoms with Crippen LogP contribution in [0.2, 0.25) is 0 Å². The van der Waals surface area contributed by atoms with Gasteiger partial charge in [-0.15, -0.1) is 0 Å². The minimum atomic E-state index is 0.678. The van der Waals surface area contributed by atoms with Crippen LogP contribution in [-0.2, 0) is 6.42 Å². The van der Waals surface area contributed by atoms with Crippen LogP contribution in [0.15, 0.2) is 30.6 Å². The Kier molecular flexibility index (Phi) is 3.52. The van der Waals surface area contributed by atoms with Gasteiger partial charge < -0.3 is 10.3 Å². The monoisotopic (exact) mass is 269 g/mol. The van der Waals surface area contributed by atoms with Gasteiger partial charge in [0.25, 0.3) is 0 Å². The molecule has 0 radical (unpaired) electrons. The van der Waals surface area contributed by atoms with Crippen molar-refractivity contribution in [3.05, 3.63) is 41.7 Å². The summed E-state index contributed by atoms with van der Waals surface area (Å²) in [5.74, 6) is 7.13. The minimum Gasteiger partial charge on any atom is -0.326 e. The molecule has 104 valence electrons. The number of benzene rings is 1. The topological polar surface area (TPSA) is 67.1 Å². The molecule has 3 rings (SSSR count). The third-order valence-electron chi connectivity index (χ3n) is 3.81. The first-order valence-corrected chi connectivity index (χ1v) is 6.95. The van der Waals surface area contributed by atoms with Crippen molar-refractivity contribution in [1.82, 2.24) is 9.97 Å². The van der Waals surface area contributed by atoms with Crippen LogP contribution in [0.5, 0.6) is 0 Å². The fraction of sp³-hybridized carbons (Fsp3) is 0.333. The lowest BCUT2D eigenvalue weighted by Crippen LogP contribution is -2.21. The van der Waals surface area contributed by atoms with Crippen LogP contribution in [0, 0.1) is 6.92 Å². The number of nitrogens with two attached hydrogens (primary N) is 1. The third kappa shape index (κ3) is 2.20. The summed E-state index contributed by atoms with van der Waals surface area (Å²) in [4.78, 5) is 10.9. The average Bonchev–Trinajstić information content (AvgIpc) is 2.70. The average molecular weight is 269 g/mol. The van der Waals surface area contributed by atoms with Crippen molar-refractivity contribution in [2.75, 3.05) is 16.9 Å². The molecule has 0 atom stereocenters. The number of nitrogen functional groups attached to an aromatic ring is 1. The normalized spacial score (nSPS) is 14.6. The van der Waals surface area contributed by atoms with Crippen LogP contribution in [0.3, 0.4) is 0 Å². The number of nitrogens with one attached hydrogen (secondary N) is 1. The highest BCUT2D eigenvalue weighted by Gasteiger charge is 2.20. The van der Waals surface area contributed by atoms with Gasteiger partial charge in [0.05, 0.1) is 0 Å². The van der Waals surface area contributed by atoms with Crippen molar-refractivity contribution in [1.29, 1.82) is 0 Å². The van der Waals surface area contributed by atoms with Crippen LogP contribution in [0.1, 0.15) is 24.0 Å². The molecular weight excluding hydrogens is 250 g/mol. The van der Waals surface area contributed by atoms with Gasteiger partial charge in [-0.1, -0.05) is 18.2 Å². The molecule has 0 bridgehead atoms. The van der Waals surface area contributed by atoms with E-state index in [2.05, 4.69) is 44.6 Å². The number of aromatic nitrogens is 2. The molecular formula is C15H19N5. The maximum absolute atomic E-state index is 5.52. The smallest absolute Gasteiger partial charge is 0.148 e. The summed E-state index contributed by atoms with van der Waals surface area (Å²) in [7, 11) is 0. The Morgan fingerprint density at radius 2 is 2.05 bits per heavy atom. The van der Waals surface area contributed by atoms with Crippen molar-refractivity contribution < 1.29 is 0 Å². The fourth-order valence-electron chi connectivity index (χ4n) is 2.77. The zero-order valence-corrected chi connectivity index (χ0v) is 11.6. The molecule has 0 fully saturated rings. The fourth-order valence-corrected chi connectivity index (χ4v) is 2.77. The number of nitrogens with zero attached hydrogens (tertiary/aromatic N) is 3. The molecule has 1 aliphatic rings. The molecule has 0 unspecified atom stereocenters. The molecule has 0 saturated carbocycles. The molecule has 3 N–H and O–H groups in total. The SMILES string of the molecule is Cc1c(NN)ncnc1N1CCCCc2ccccc21. The van der Waals surface area contributed by atoms with E-state index in [9.17, 15) is 0 Å². The van der Waals surface area contributed by atoms with Crippen molar-refractivity contribution in [3.63, 3.8) is 0 Å². The molecule has 1 aliphatic heterocycles. The van der Waals surface area contributed by atoms with E-state index in [1.54, 1.807) is 6.33 Å². The molecule has 1 aromatic heterocycles. The maximum atomic E-state index is 5.52. The standard InChI is InChI=1S/C15H19N5/c1-11-14(19-16)17-10-18-15(11)20-9-5-4-7-12-6-2-3-8-13(12)20/h2-3,6,8,10H,4-5,7,9,16H2,1H3,(H,17,18,19). The number of hydrogen-bond acceptors (Lipinski definition) is 5. The second-order valence-corrected chi connectivity index (χ2v) is 5.05. The van der Waals surface area contributed by atoms with E-state index in [4.69, 9.17) is 5.84 Å². The van der Waals surface area contributed by atoms with Gasteiger partial charge >= 0.3 is 0 Å². The second-order valence-electron chi connectivity index (χ2n) is 5.05. The lowest BCUT2D eigenvalue weighted by atomic mass is 10.1. The summed E-state index contributed by atoms with van der Waals surface area (Å²) in [6, 6.07) is 8.54. The summed E-state index contributed by atoms with van der Waals surface area (Å²) >= 11 is 0. The molecule has 20 heavy (non-hydrogen) atoms. The Bertz CT molecular complexity index is 611. The van der Waals surface area contributed by atoms with Gasteiger partial charge in [0, 0.05) is 17.8 Å². The predicted octanol–water partition coefficient (Wildman–Crippen LogP) is 2.55. The summed E-state index contributed by atoms with van der Waals surface area (Å²) in [5, 5.41) is 0. The largest absolute Gasteiger partial charge is 0.326 e. The summed E-state index contributed by atoms with van der Waals surface area (Å²) in [5.41, 5.74) is 6.24. The van der Waals surface area contributed by atoms with Crippen LogP contribution >= 0.6 is 0 Å². The van der Waals surface area contributed by atoms with Crippen molar-refractivity contribution in [2.45, 2.75) is 26.2 Å². The van der Waals surface area contributed by atoms with Gasteiger partial charge in [-0.05, 0) is 37.8 Å². The van der Waals surface area contributed by atoms with E-state index in [1.165, 1.54) is 17.7 Å². The Morgan fingerprint density at radius 3 is 2.90 bits per heavy atom. The van der Waals surface area contributed by atoms with Crippen LogP contribution in [-0.4, -0.2) is 16.5 Å². The first-order valence-electron chi connectivity index (χ1n) is 6.95. The quantitative estimate of drug-likeness (QED) is 0.648. The Balaban J connectivity index is 2.10. The Labute approximate surface area is 118 Å². The number of fused-ring (bicyclic) bond motifs is 1. The summed E-state index contributed by atoms with van der Waals surface area (Å²) < 4.78 is 0. The van der Waals surface area contributed by atoms with Crippen LogP contribution < -0.4 is 16.2 Å². The molecule has 0 aliphatic carbocycles. The molecule has 2 heterocycles. The highest BCUT2D eigenvalue weighted by molar-refractivity contribution is 5.69. The molecule has 0 spiro atoms. The summed E-state index contributed by atoms with van der Waals surface area (Å²) in [6.07, 6.45) is 5.05. The van der Waals surface area contributed by atoms with Gasteiger partial charge in [-0.2, -0.15) is 0 Å². The van der Waals surface area contributed by atoms with Crippen molar-refractivity contribution in [3.8, 4) is 0 Å². The molecule has 5 heteroatoms. The van der Waals surface area contributed by atoms with Crippen LogP contribution in [0.4, 0.5) is 17.3 Å². The van der Waals surface area contributed by atoms with Gasteiger partial charge in [-0.25, -0.2) is 15.8 Å². The molecule has 1 aromatic carbocycles. The number of rotatable bonds is 2. The first-order chi connectivity index (χ1) is 9.81. The van der Waals surface area contributed by atoms with E-state index in [0.29, 0.717) is 5.82 Å². The summed E-state index contributed by atoms with van der Waals surface area (Å²) in [6.45, 7) is 2.97. The van der Waals surface area contributed by atoms with E-state index in [-0.39, 0.29) is 0 Å². The van der Waals surface area contributed by atoms with Gasteiger partial charge in [0.1, 0.15) is 18.0 Å². The lowest BCUT2D eigenvalue weighted by Gasteiger charge is -2.25. The highest BCUT2D eigenvalue weighted by atomic mass is 15.3. The highest BCUT2D eigenvalue weighted by Crippen LogP contribution is 2.34. The van der Waals surface area contributed by atoms with Crippen LogP contribution in [0.25, 0.3) is 0 Å². The van der Waals surface area contributed by atoms with Gasteiger partial charge in [0.15, 0.2) is 0 Å². The molecule has 0 amide bonds. The number of hydrazine groups is 1. The minimum absolute atomic E-state index is 0.678. The molecule has 2 aromatic rings. The molecule has 0 saturated heterocycles. The molecule has 5 nitrogen and oxygen atoms in total. The van der Waals surface area contributed by atoms with Crippen molar-refractivity contribution >= 4 is 17.3 Å². The second kappa shape index (κ2) is 5.46. The van der Waals surface area contributed by atoms with E-state index in [0.717, 1.165) is 30.8 Å². The number of aryl methyl sites for hydroxylation is 1. The van der Waals surface area contributed by atoms with Gasteiger partial charge in [-0.3, -0.25) is 0 Å². The van der Waals surface area contributed by atoms with E-state index < -0.39 is 0 Å². The lowest BCUT2D eigenvalue weighted by molar-refractivity contribution is 0.756. The maximum Gasteiger partial charge on any atom is 0.148 e. The number of hydrogen-bond donors (Lipinski definition) is 2. The zero-order valence-electron chi connectivity index (χ0n) is 11.6. The number of para-hydroxylation sites is 1. The van der Waals surface area contributed by atoms with E-state index in [1.807, 2.05) is 6.92 Å². The Morgan fingerprint density at radius 1 is 1.20 bits per heavy atom. The predicted molar refractivity (Wildman–Crippen MR) is 81.0 cm³/mol. The first kappa shape index (κ1) is 12.9. The number of anilines is 3. The van der Waals surface area contributed by atoms with Gasteiger partial charge in [0.2, 0.25) is 0 Å². The Hall–Kier alpha value is -2.14. The van der Waals surface area contributed by atoms with E-state index >= 15 is 0 Å². The van der Waals surface area contributed by atoms with Crippen molar-refractivity contribution in [2.24, 2.45) is 5.84 Å². The third-order valence-corrected chi connectivity index (χ3v) is 3.81. The zero-order chi connectivity index (χ0) is 13.9.